The molecule has 1 aromatic rings. The number of hydrogen-bond acceptors (Lipinski definition) is 5. The van der Waals surface area contributed by atoms with Gasteiger partial charge in [-0.3, -0.25) is 19.4 Å². The largest absolute Gasteiger partial charge is 0.370 e. The summed E-state index contributed by atoms with van der Waals surface area (Å²) >= 11 is 0. The number of nitrogens with zero attached hydrogens (tertiary/aromatic N) is 2. The zero-order chi connectivity index (χ0) is 26.0. The Bertz CT molecular complexity index is 893. The van der Waals surface area contributed by atoms with Gasteiger partial charge in [0.1, 0.15) is 6.04 Å². The summed E-state index contributed by atoms with van der Waals surface area (Å²) in [7, 11) is 1.68. The lowest BCUT2D eigenvalue weighted by molar-refractivity contribution is -0.148. The number of likely N-dealkylation sites (N-methyl/N-ethyl adjacent to an activating group) is 1. The highest BCUT2D eigenvalue weighted by molar-refractivity contribution is 5.96. The van der Waals surface area contributed by atoms with E-state index in [1.54, 1.807) is 7.05 Å². The standard InChI is InChI=1S/C24H36F2N6O3/c1-3-24(25,26)20(33)17(11-7-13-30-23(27)28)31-21(34)19-12-8-14-32(19)22(35)18(29-2)15-16-9-5-4-6-10-16/h4-6,9-10,17-19,29H,3,7-8,11-15H2,1-2H3,(H,31,34)(H4,27,28,30)/t17?,18-,19+/m1/s1. The number of halogens is 2. The number of rotatable bonds is 13. The van der Waals surface area contributed by atoms with Crippen LogP contribution < -0.4 is 22.1 Å². The SMILES string of the molecule is CCC(F)(F)C(=O)C(CCCN=C(N)N)NC(=O)[C@@H]1CCCN1C(=O)[C@@H](Cc1ccccc1)NC. The Morgan fingerprint density at radius 2 is 1.89 bits per heavy atom. The van der Waals surface area contributed by atoms with E-state index in [0.717, 1.165) is 5.56 Å². The second-order valence-electron chi connectivity index (χ2n) is 8.65. The summed E-state index contributed by atoms with van der Waals surface area (Å²) in [6, 6.07) is 6.69. The molecule has 0 spiro atoms. The molecule has 35 heavy (non-hydrogen) atoms. The van der Waals surface area contributed by atoms with Gasteiger partial charge in [-0.25, -0.2) is 0 Å². The molecule has 1 aliphatic rings. The van der Waals surface area contributed by atoms with Gasteiger partial charge in [0.05, 0.1) is 12.1 Å². The molecule has 0 aliphatic carbocycles. The predicted molar refractivity (Wildman–Crippen MR) is 130 cm³/mol. The molecule has 3 atom stereocenters. The molecule has 0 saturated carbocycles. The number of carbonyl (C=O) groups excluding carboxylic acids is 3. The smallest absolute Gasteiger partial charge is 0.307 e. The maximum atomic E-state index is 14.2. The van der Waals surface area contributed by atoms with E-state index in [0.29, 0.717) is 25.8 Å². The van der Waals surface area contributed by atoms with Crippen molar-refractivity contribution < 1.29 is 23.2 Å². The van der Waals surface area contributed by atoms with Crippen LogP contribution >= 0.6 is 0 Å². The Balaban J connectivity index is 2.12. The van der Waals surface area contributed by atoms with Crippen LogP contribution in [-0.4, -0.2) is 72.6 Å². The van der Waals surface area contributed by atoms with Crippen molar-refractivity contribution in [1.29, 1.82) is 0 Å². The molecular formula is C24H36F2N6O3. The van der Waals surface area contributed by atoms with Gasteiger partial charge < -0.3 is 27.0 Å². The molecule has 2 amide bonds. The number of alkyl halides is 2. The number of likely N-dealkylation sites (tertiary alicyclic amines) is 1. The summed E-state index contributed by atoms with van der Waals surface area (Å²) in [5.74, 6) is -5.94. The fraction of sp³-hybridized carbons (Fsp3) is 0.583. The number of aliphatic imine (C=N–C) groups is 1. The number of ketones is 1. The van der Waals surface area contributed by atoms with Crippen LogP contribution in [0.3, 0.4) is 0 Å². The van der Waals surface area contributed by atoms with E-state index in [1.807, 2.05) is 30.3 Å². The summed E-state index contributed by atoms with van der Waals surface area (Å²) in [6.07, 6.45) is 0.919. The Morgan fingerprint density at radius 3 is 2.49 bits per heavy atom. The average molecular weight is 495 g/mol. The lowest BCUT2D eigenvalue weighted by Gasteiger charge is -2.30. The van der Waals surface area contributed by atoms with E-state index in [-0.39, 0.29) is 31.3 Å². The van der Waals surface area contributed by atoms with Gasteiger partial charge in [-0.2, -0.15) is 8.78 Å². The van der Waals surface area contributed by atoms with Gasteiger partial charge in [0.25, 0.3) is 0 Å². The van der Waals surface area contributed by atoms with E-state index in [4.69, 9.17) is 11.5 Å². The Morgan fingerprint density at radius 1 is 1.20 bits per heavy atom. The highest BCUT2D eigenvalue weighted by Crippen LogP contribution is 2.24. The van der Waals surface area contributed by atoms with Crippen molar-refractivity contribution in [2.45, 2.75) is 69.5 Å². The number of guanidine groups is 1. The predicted octanol–water partition coefficient (Wildman–Crippen LogP) is 0.961. The summed E-state index contributed by atoms with van der Waals surface area (Å²) in [5, 5.41) is 5.49. The van der Waals surface area contributed by atoms with Crippen molar-refractivity contribution >= 4 is 23.6 Å². The molecule has 194 valence electrons. The minimum Gasteiger partial charge on any atom is -0.370 e. The Hall–Kier alpha value is -3.08. The second kappa shape index (κ2) is 13.1. The van der Waals surface area contributed by atoms with Gasteiger partial charge in [-0.1, -0.05) is 37.3 Å². The Kier molecular flexibility index (Phi) is 10.6. The maximum Gasteiger partial charge on any atom is 0.307 e. The molecule has 6 N–H and O–H groups in total. The van der Waals surface area contributed by atoms with Gasteiger partial charge in [-0.15, -0.1) is 0 Å². The molecule has 1 fully saturated rings. The number of nitrogens with one attached hydrogen (secondary N) is 2. The van der Waals surface area contributed by atoms with Crippen molar-refractivity contribution in [3.8, 4) is 0 Å². The fourth-order valence-corrected chi connectivity index (χ4v) is 4.14. The van der Waals surface area contributed by atoms with Crippen LogP contribution in [0.15, 0.2) is 35.3 Å². The molecule has 1 unspecified atom stereocenters. The highest BCUT2D eigenvalue weighted by atomic mass is 19.3. The van der Waals surface area contributed by atoms with Crippen LogP contribution in [0, 0.1) is 0 Å². The summed E-state index contributed by atoms with van der Waals surface area (Å²) in [5.41, 5.74) is 11.5. The molecule has 0 bridgehead atoms. The fourth-order valence-electron chi connectivity index (χ4n) is 4.14. The molecule has 1 aromatic carbocycles. The van der Waals surface area contributed by atoms with E-state index >= 15 is 0 Å². The van der Waals surface area contributed by atoms with Crippen molar-refractivity contribution in [3.63, 3.8) is 0 Å². The first-order valence-electron chi connectivity index (χ1n) is 11.9. The second-order valence-corrected chi connectivity index (χ2v) is 8.65. The normalized spacial score (nSPS) is 17.5. The number of nitrogens with two attached hydrogens (primary N) is 2. The van der Waals surface area contributed by atoms with Crippen LogP contribution in [0.1, 0.15) is 44.6 Å². The van der Waals surface area contributed by atoms with Gasteiger partial charge in [0, 0.05) is 19.5 Å². The maximum absolute atomic E-state index is 14.2. The molecule has 9 nitrogen and oxygen atoms in total. The van der Waals surface area contributed by atoms with Crippen molar-refractivity contribution in [3.05, 3.63) is 35.9 Å². The first-order chi connectivity index (χ1) is 16.6. The summed E-state index contributed by atoms with van der Waals surface area (Å²) in [4.78, 5) is 44.1. The van der Waals surface area contributed by atoms with E-state index < -0.39 is 42.2 Å². The number of benzene rings is 1. The van der Waals surface area contributed by atoms with Gasteiger partial charge in [0.15, 0.2) is 5.96 Å². The van der Waals surface area contributed by atoms with Crippen LogP contribution in [0.4, 0.5) is 8.78 Å². The topological polar surface area (TPSA) is 143 Å². The van der Waals surface area contributed by atoms with Crippen molar-refractivity contribution in [2.75, 3.05) is 20.1 Å². The summed E-state index contributed by atoms with van der Waals surface area (Å²) in [6.45, 7) is 1.72. The third-order valence-electron chi connectivity index (χ3n) is 6.15. The zero-order valence-electron chi connectivity index (χ0n) is 20.3. The molecule has 0 aromatic heterocycles. The average Bonchev–Trinajstić information content (AvgIpc) is 3.34. The lowest BCUT2D eigenvalue weighted by Crippen LogP contribution is -2.56. The first-order valence-corrected chi connectivity index (χ1v) is 11.9. The van der Waals surface area contributed by atoms with Crippen LogP contribution in [0.25, 0.3) is 0 Å². The summed E-state index contributed by atoms with van der Waals surface area (Å²) < 4.78 is 28.4. The monoisotopic (exact) mass is 494 g/mol. The number of carbonyl (C=O) groups is 3. The zero-order valence-corrected chi connectivity index (χ0v) is 20.3. The lowest BCUT2D eigenvalue weighted by atomic mass is 9.99. The van der Waals surface area contributed by atoms with Crippen LogP contribution in [-0.2, 0) is 20.8 Å². The minimum atomic E-state index is -3.58. The number of Topliss-reactive ketones (excluding diaryl/α,β-unsaturated/α-hetero) is 1. The van der Waals surface area contributed by atoms with E-state index in [2.05, 4.69) is 15.6 Å². The van der Waals surface area contributed by atoms with E-state index in [9.17, 15) is 23.2 Å². The van der Waals surface area contributed by atoms with Gasteiger partial charge in [0.2, 0.25) is 17.6 Å². The van der Waals surface area contributed by atoms with Gasteiger partial charge in [-0.05, 0) is 44.7 Å². The molecular weight excluding hydrogens is 458 g/mol. The first kappa shape index (κ1) is 28.2. The number of hydrogen-bond donors (Lipinski definition) is 4. The molecule has 0 radical (unpaired) electrons. The third-order valence-corrected chi connectivity index (χ3v) is 6.15. The third kappa shape index (κ3) is 7.98. The molecule has 1 aliphatic heterocycles. The molecule has 1 saturated heterocycles. The number of amides is 2. The quantitative estimate of drug-likeness (QED) is 0.183. The Labute approximate surface area is 204 Å². The molecule has 1 heterocycles. The molecule has 11 heteroatoms. The molecule has 2 rings (SSSR count). The van der Waals surface area contributed by atoms with Gasteiger partial charge >= 0.3 is 5.92 Å². The minimum absolute atomic E-state index is 0.0508. The highest BCUT2D eigenvalue weighted by Gasteiger charge is 2.43. The van der Waals surface area contributed by atoms with Crippen LogP contribution in [0.5, 0.6) is 0 Å². The van der Waals surface area contributed by atoms with E-state index in [1.165, 1.54) is 11.8 Å². The van der Waals surface area contributed by atoms with Crippen molar-refractivity contribution in [1.82, 2.24) is 15.5 Å². The van der Waals surface area contributed by atoms with Crippen LogP contribution in [0.2, 0.25) is 0 Å². The van der Waals surface area contributed by atoms with Crippen molar-refractivity contribution in [2.24, 2.45) is 16.5 Å².